The number of anilines is 1. The highest BCUT2D eigenvalue weighted by Gasteiger charge is 2.18. The van der Waals surface area contributed by atoms with Crippen molar-refractivity contribution in [3.63, 3.8) is 0 Å². The van der Waals surface area contributed by atoms with Gasteiger partial charge in [-0.1, -0.05) is 41.6 Å². The zero-order valence-electron chi connectivity index (χ0n) is 17.5. The van der Waals surface area contributed by atoms with E-state index >= 15 is 0 Å². The van der Waals surface area contributed by atoms with Crippen LogP contribution in [0, 0.1) is 5.82 Å². The van der Waals surface area contributed by atoms with E-state index in [0.717, 1.165) is 17.4 Å². The van der Waals surface area contributed by atoms with Crippen LogP contribution in [0.2, 0.25) is 5.02 Å². The van der Waals surface area contributed by atoms with Crippen molar-refractivity contribution in [2.75, 3.05) is 17.7 Å². The smallest absolute Gasteiger partial charge is 0.316 e. The van der Waals surface area contributed by atoms with Gasteiger partial charge in [0.25, 0.3) is 5.91 Å². The van der Waals surface area contributed by atoms with E-state index < -0.39 is 18.5 Å². The van der Waals surface area contributed by atoms with Gasteiger partial charge in [0, 0.05) is 17.4 Å². The molecule has 0 saturated carbocycles. The first-order valence-corrected chi connectivity index (χ1v) is 11.3. The van der Waals surface area contributed by atoms with Crippen LogP contribution in [-0.2, 0) is 14.3 Å². The van der Waals surface area contributed by atoms with E-state index in [1.165, 1.54) is 24.4 Å². The van der Waals surface area contributed by atoms with E-state index in [1.807, 2.05) is 30.3 Å². The summed E-state index contributed by atoms with van der Waals surface area (Å²) >= 11 is 6.86. The van der Waals surface area contributed by atoms with Gasteiger partial charge in [0.15, 0.2) is 17.6 Å². The maximum Gasteiger partial charge on any atom is 0.316 e. The number of hydrogen-bond donors (Lipinski definition) is 1. The third kappa shape index (κ3) is 5.97. The molecule has 1 amide bonds. The number of ether oxygens (including phenoxy) is 1. The number of nitrogens with zero attached hydrogens (tertiary/aromatic N) is 4. The Morgan fingerprint density at radius 3 is 2.50 bits per heavy atom. The van der Waals surface area contributed by atoms with Crippen LogP contribution in [0.25, 0.3) is 17.1 Å². The molecule has 0 unspecified atom stereocenters. The molecule has 0 saturated heterocycles. The number of nitrogens with one attached hydrogen (secondary N) is 1. The minimum atomic E-state index is -0.602. The number of amides is 1. The average molecular weight is 498 g/mol. The van der Waals surface area contributed by atoms with E-state index in [1.54, 1.807) is 22.8 Å². The van der Waals surface area contributed by atoms with Crippen LogP contribution in [0.1, 0.15) is 0 Å². The van der Waals surface area contributed by atoms with Crippen molar-refractivity contribution in [2.24, 2.45) is 0 Å². The topological polar surface area (TPSA) is 99.0 Å². The Labute approximate surface area is 203 Å². The summed E-state index contributed by atoms with van der Waals surface area (Å²) < 4.78 is 20.2. The van der Waals surface area contributed by atoms with Crippen molar-refractivity contribution in [1.82, 2.24) is 19.7 Å². The monoisotopic (exact) mass is 497 g/mol. The predicted octanol–water partition coefficient (Wildman–Crippen LogP) is 4.40. The number of benzene rings is 2. The molecular formula is C23H17ClFN5O3S. The molecule has 2 aromatic carbocycles. The van der Waals surface area contributed by atoms with E-state index in [4.69, 9.17) is 16.3 Å². The van der Waals surface area contributed by atoms with Crippen LogP contribution in [0.3, 0.4) is 0 Å². The molecule has 4 rings (SSSR count). The number of carbonyl (C=O) groups excluding carboxylic acids is 2. The highest BCUT2D eigenvalue weighted by Crippen LogP contribution is 2.28. The molecular weight excluding hydrogens is 481 g/mol. The van der Waals surface area contributed by atoms with Crippen molar-refractivity contribution in [3.05, 3.63) is 83.8 Å². The minimum absolute atomic E-state index is 0.0964. The lowest BCUT2D eigenvalue weighted by Gasteiger charge is -2.10. The zero-order valence-corrected chi connectivity index (χ0v) is 19.1. The van der Waals surface area contributed by atoms with Gasteiger partial charge in [-0.05, 0) is 48.5 Å². The Kier molecular flexibility index (Phi) is 7.51. The molecule has 0 fully saturated rings. The summed E-state index contributed by atoms with van der Waals surface area (Å²) in [5.41, 5.74) is 1.44. The second-order valence-corrected chi connectivity index (χ2v) is 8.22. The molecule has 172 valence electrons. The molecule has 0 radical (unpaired) electrons. The SMILES string of the molecule is O=C(COC(=O)CSc1nnc(-c2ccc(F)cc2)n1-c1ccccc1)Nc1ccc(Cl)cn1. The van der Waals surface area contributed by atoms with Crippen LogP contribution in [0.15, 0.2) is 78.1 Å². The highest BCUT2D eigenvalue weighted by molar-refractivity contribution is 7.99. The Hall–Kier alpha value is -3.76. The van der Waals surface area contributed by atoms with Gasteiger partial charge in [0.05, 0.1) is 10.8 Å². The molecule has 2 aromatic heterocycles. The van der Waals surface area contributed by atoms with Crippen LogP contribution in [0.5, 0.6) is 0 Å². The van der Waals surface area contributed by atoms with Crippen molar-refractivity contribution in [1.29, 1.82) is 0 Å². The van der Waals surface area contributed by atoms with Gasteiger partial charge in [-0.25, -0.2) is 9.37 Å². The Morgan fingerprint density at radius 2 is 1.79 bits per heavy atom. The number of rotatable bonds is 8. The molecule has 0 atom stereocenters. The normalized spacial score (nSPS) is 10.6. The predicted molar refractivity (Wildman–Crippen MR) is 126 cm³/mol. The van der Waals surface area contributed by atoms with Crippen LogP contribution in [0.4, 0.5) is 10.2 Å². The maximum absolute atomic E-state index is 13.4. The minimum Gasteiger partial charge on any atom is -0.455 e. The first kappa shape index (κ1) is 23.4. The van der Waals surface area contributed by atoms with E-state index in [-0.39, 0.29) is 11.6 Å². The Bertz CT molecular complexity index is 1280. The summed E-state index contributed by atoms with van der Waals surface area (Å²) in [6.45, 7) is -0.462. The molecule has 0 aliphatic heterocycles. The molecule has 2 heterocycles. The van der Waals surface area contributed by atoms with Crippen molar-refractivity contribution >= 4 is 41.1 Å². The molecule has 0 bridgehead atoms. The third-order valence-electron chi connectivity index (χ3n) is 4.43. The van der Waals surface area contributed by atoms with E-state index in [0.29, 0.717) is 27.4 Å². The summed E-state index contributed by atoms with van der Waals surface area (Å²) in [7, 11) is 0. The highest BCUT2D eigenvalue weighted by atomic mass is 35.5. The second kappa shape index (κ2) is 10.9. The van der Waals surface area contributed by atoms with Gasteiger partial charge >= 0.3 is 5.97 Å². The summed E-state index contributed by atoms with van der Waals surface area (Å²) in [5.74, 6) is -0.793. The van der Waals surface area contributed by atoms with Crippen molar-refractivity contribution in [3.8, 4) is 17.1 Å². The number of aromatic nitrogens is 4. The quantitative estimate of drug-likeness (QED) is 0.284. The first-order valence-electron chi connectivity index (χ1n) is 9.96. The summed E-state index contributed by atoms with van der Waals surface area (Å²) in [6, 6.07) is 18.3. The fourth-order valence-corrected chi connectivity index (χ4v) is 3.76. The lowest BCUT2D eigenvalue weighted by atomic mass is 10.2. The molecule has 8 nitrogen and oxygen atoms in total. The number of hydrogen-bond acceptors (Lipinski definition) is 7. The van der Waals surface area contributed by atoms with Gasteiger partial charge in [-0.2, -0.15) is 0 Å². The summed E-state index contributed by atoms with van der Waals surface area (Å²) in [6.07, 6.45) is 1.39. The summed E-state index contributed by atoms with van der Waals surface area (Å²) in [4.78, 5) is 28.1. The number of halogens is 2. The molecule has 1 N–H and O–H groups in total. The standard InChI is InChI=1S/C23H17ClFN5O3S/c24-16-8-11-19(26-12-16)27-20(31)13-33-21(32)14-34-23-29-28-22(15-6-9-17(25)10-7-15)30(23)18-4-2-1-3-5-18/h1-12H,13-14H2,(H,26,27,31). The van der Waals surface area contributed by atoms with Crippen LogP contribution in [-0.4, -0.2) is 44.0 Å². The van der Waals surface area contributed by atoms with Crippen LogP contribution >= 0.6 is 23.4 Å². The van der Waals surface area contributed by atoms with E-state index in [9.17, 15) is 14.0 Å². The number of para-hydroxylation sites is 1. The number of esters is 1. The van der Waals surface area contributed by atoms with Gasteiger partial charge in [-0.3, -0.25) is 14.2 Å². The molecule has 0 spiro atoms. The first-order chi connectivity index (χ1) is 16.5. The lowest BCUT2D eigenvalue weighted by Crippen LogP contribution is -2.22. The fourth-order valence-electron chi connectivity index (χ4n) is 2.90. The Morgan fingerprint density at radius 1 is 1.03 bits per heavy atom. The maximum atomic E-state index is 13.4. The summed E-state index contributed by atoms with van der Waals surface area (Å²) in [5, 5.41) is 11.8. The molecule has 11 heteroatoms. The van der Waals surface area contributed by atoms with Gasteiger partial charge in [0.2, 0.25) is 0 Å². The van der Waals surface area contributed by atoms with E-state index in [2.05, 4.69) is 20.5 Å². The fraction of sp³-hybridized carbons (Fsp3) is 0.0870. The largest absolute Gasteiger partial charge is 0.455 e. The number of carbonyl (C=O) groups is 2. The molecule has 4 aromatic rings. The molecule has 0 aliphatic rings. The second-order valence-electron chi connectivity index (χ2n) is 6.84. The van der Waals surface area contributed by atoms with Crippen molar-refractivity contribution in [2.45, 2.75) is 5.16 Å². The number of pyridine rings is 1. The third-order valence-corrected chi connectivity index (χ3v) is 5.55. The van der Waals surface area contributed by atoms with Crippen molar-refractivity contribution < 1.29 is 18.7 Å². The van der Waals surface area contributed by atoms with Gasteiger partial charge in [0.1, 0.15) is 11.6 Å². The Balaban J connectivity index is 1.41. The molecule has 34 heavy (non-hydrogen) atoms. The number of thioether (sulfide) groups is 1. The lowest BCUT2D eigenvalue weighted by molar-refractivity contribution is -0.144. The van der Waals surface area contributed by atoms with Gasteiger partial charge < -0.3 is 10.1 Å². The zero-order chi connectivity index (χ0) is 23.9. The average Bonchev–Trinajstić information content (AvgIpc) is 3.28. The molecule has 0 aliphatic carbocycles. The van der Waals surface area contributed by atoms with Crippen LogP contribution < -0.4 is 5.32 Å². The van der Waals surface area contributed by atoms with Gasteiger partial charge in [-0.15, -0.1) is 10.2 Å².